The zero-order chi connectivity index (χ0) is 20.7. The summed E-state index contributed by atoms with van der Waals surface area (Å²) in [6.07, 6.45) is 4.45. The Balaban J connectivity index is 1.26. The lowest BCUT2D eigenvalue weighted by molar-refractivity contribution is -0.121. The number of rotatable bonds is 7. The Morgan fingerprint density at radius 1 is 1.13 bits per heavy atom. The van der Waals surface area contributed by atoms with Crippen LogP contribution in [-0.2, 0) is 4.79 Å². The predicted molar refractivity (Wildman–Crippen MR) is 118 cm³/mol. The average molecular weight is 425 g/mol. The summed E-state index contributed by atoms with van der Waals surface area (Å²) in [4.78, 5) is 24.8. The Morgan fingerprint density at radius 3 is 2.50 bits per heavy atom. The van der Waals surface area contributed by atoms with Gasteiger partial charge in [-0.25, -0.2) is 9.97 Å². The van der Waals surface area contributed by atoms with Crippen molar-refractivity contribution in [3.05, 3.63) is 35.9 Å². The average Bonchev–Trinajstić information content (AvgIpc) is 3.59. The van der Waals surface area contributed by atoms with Crippen molar-refractivity contribution in [2.75, 3.05) is 30.7 Å². The lowest BCUT2D eigenvalue weighted by Gasteiger charge is -2.45. The minimum Gasteiger partial charge on any atom is -0.383 e. The van der Waals surface area contributed by atoms with Crippen molar-refractivity contribution in [2.24, 2.45) is 17.6 Å². The molecule has 1 saturated carbocycles. The Labute approximate surface area is 181 Å². The van der Waals surface area contributed by atoms with Crippen LogP contribution in [0.4, 0.5) is 11.6 Å². The van der Waals surface area contributed by atoms with E-state index in [9.17, 15) is 4.79 Å². The van der Waals surface area contributed by atoms with Gasteiger partial charge in [-0.2, -0.15) is 0 Å². The molecule has 7 nitrogen and oxygen atoms in total. The van der Waals surface area contributed by atoms with E-state index in [1.54, 1.807) is 0 Å². The second-order valence-electron chi connectivity index (χ2n) is 8.67. The summed E-state index contributed by atoms with van der Waals surface area (Å²) in [6, 6.07) is 9.48. The van der Waals surface area contributed by atoms with Crippen molar-refractivity contribution in [1.29, 1.82) is 0 Å². The number of fused-ring (bicyclic) bond motifs is 3. The molecule has 3 saturated heterocycles. The molecule has 0 radical (unpaired) electrons. The van der Waals surface area contributed by atoms with Crippen LogP contribution in [0, 0.1) is 11.8 Å². The van der Waals surface area contributed by atoms with Crippen molar-refractivity contribution in [3.8, 4) is 0 Å². The summed E-state index contributed by atoms with van der Waals surface area (Å²) in [7, 11) is 0. The van der Waals surface area contributed by atoms with Gasteiger partial charge in [0.25, 0.3) is 0 Å². The van der Waals surface area contributed by atoms with E-state index in [0.717, 1.165) is 35.7 Å². The van der Waals surface area contributed by atoms with Crippen molar-refractivity contribution in [3.63, 3.8) is 0 Å². The number of nitrogens with zero attached hydrogens (tertiary/aromatic N) is 3. The molecule has 2 aromatic rings. The molecule has 0 amide bonds. The van der Waals surface area contributed by atoms with E-state index in [0.29, 0.717) is 22.9 Å². The first-order valence-electron chi connectivity index (χ1n) is 10.8. The molecule has 4 aliphatic rings. The normalized spacial score (nSPS) is 26.4. The number of carbonyl (C=O) groups excluding carboxylic acids is 1. The Hall–Kier alpha value is -2.16. The molecule has 8 heteroatoms. The van der Waals surface area contributed by atoms with Gasteiger partial charge in [-0.3, -0.25) is 4.79 Å². The van der Waals surface area contributed by atoms with Gasteiger partial charge in [0.05, 0.1) is 6.04 Å². The maximum atomic E-state index is 12.2. The minimum atomic E-state index is -0.530. The summed E-state index contributed by atoms with van der Waals surface area (Å²) in [5.41, 5.74) is 13.0. The Kier molecular flexibility index (Phi) is 5.39. The number of Topliss-reactive ketones (excluding diaryl/α,β-unsaturated/α-hetero) is 1. The lowest BCUT2D eigenvalue weighted by atomic mass is 9.84. The number of hydrogen-bond donors (Lipinski definition) is 3. The standard InChI is InChI=1S/C22H28N6OS/c23-18-11-19(25-17-12-28-9-7-13(17)8-10-28)27-22(26-18)30-16-5-3-14(4-6-16)20(24)21(29)15-1-2-15/h3-6,11,13,15,17,20H,1-2,7-10,12,24H2,(H3,23,25,26,27)/t17-,20-/m1/s1. The number of nitrogens with one attached hydrogen (secondary N) is 1. The van der Waals surface area contributed by atoms with Crippen LogP contribution in [0.3, 0.4) is 0 Å². The van der Waals surface area contributed by atoms with Gasteiger partial charge in [-0.15, -0.1) is 0 Å². The number of ketones is 1. The van der Waals surface area contributed by atoms with E-state index >= 15 is 0 Å². The zero-order valence-electron chi connectivity index (χ0n) is 17.0. The molecule has 2 atom stereocenters. The van der Waals surface area contributed by atoms with Crippen LogP contribution >= 0.6 is 11.8 Å². The van der Waals surface area contributed by atoms with Crippen LogP contribution in [0.15, 0.2) is 40.4 Å². The molecule has 0 unspecified atom stereocenters. The number of nitrogen functional groups attached to an aromatic ring is 1. The van der Waals surface area contributed by atoms with Gasteiger partial charge in [0.2, 0.25) is 0 Å². The van der Waals surface area contributed by atoms with Crippen LogP contribution in [0.2, 0.25) is 0 Å². The highest BCUT2D eigenvalue weighted by molar-refractivity contribution is 7.99. The van der Waals surface area contributed by atoms with Crippen LogP contribution < -0.4 is 16.8 Å². The number of aromatic nitrogens is 2. The first-order valence-corrected chi connectivity index (χ1v) is 11.6. The van der Waals surface area contributed by atoms with E-state index in [4.69, 9.17) is 11.5 Å². The van der Waals surface area contributed by atoms with Crippen LogP contribution in [0.25, 0.3) is 0 Å². The maximum Gasteiger partial charge on any atom is 0.196 e. The van der Waals surface area contributed by atoms with E-state index in [1.165, 1.54) is 37.7 Å². The summed E-state index contributed by atoms with van der Waals surface area (Å²) in [6.45, 7) is 3.49. The summed E-state index contributed by atoms with van der Waals surface area (Å²) >= 11 is 1.46. The zero-order valence-corrected chi connectivity index (χ0v) is 17.8. The van der Waals surface area contributed by atoms with Gasteiger partial charge >= 0.3 is 0 Å². The SMILES string of the molecule is Nc1cc(N[C@@H]2CN3CCC2CC3)nc(Sc2ccc([C@@H](N)C(=O)C3CC3)cc2)n1. The molecule has 5 N–H and O–H groups in total. The van der Waals surface area contributed by atoms with E-state index in [2.05, 4.69) is 20.2 Å². The third-order valence-corrected chi connectivity index (χ3v) is 7.32. The number of anilines is 2. The summed E-state index contributed by atoms with van der Waals surface area (Å²) in [5, 5.41) is 4.21. The number of nitrogens with two attached hydrogens (primary N) is 2. The van der Waals surface area contributed by atoms with Crippen LogP contribution in [-0.4, -0.2) is 46.3 Å². The summed E-state index contributed by atoms with van der Waals surface area (Å²) in [5.74, 6) is 2.27. The molecule has 4 fully saturated rings. The Bertz CT molecular complexity index is 924. The van der Waals surface area contributed by atoms with Crippen LogP contribution in [0.5, 0.6) is 0 Å². The first kappa shape index (κ1) is 19.8. The number of hydrogen-bond acceptors (Lipinski definition) is 8. The largest absolute Gasteiger partial charge is 0.383 e. The fraction of sp³-hybridized carbons (Fsp3) is 0.500. The summed E-state index contributed by atoms with van der Waals surface area (Å²) < 4.78 is 0. The number of benzene rings is 1. The van der Waals surface area contributed by atoms with Gasteiger partial charge in [0.1, 0.15) is 11.6 Å². The van der Waals surface area contributed by atoms with Gasteiger partial charge in [-0.05, 0) is 74.1 Å². The molecule has 0 spiro atoms. The smallest absolute Gasteiger partial charge is 0.196 e. The molecular weight excluding hydrogens is 396 g/mol. The van der Waals surface area contributed by atoms with E-state index in [-0.39, 0.29) is 11.7 Å². The second kappa shape index (κ2) is 8.17. The first-order chi connectivity index (χ1) is 14.5. The van der Waals surface area contributed by atoms with Gasteiger partial charge < -0.3 is 21.7 Å². The molecule has 4 heterocycles. The molecule has 158 valence electrons. The van der Waals surface area contributed by atoms with E-state index < -0.39 is 6.04 Å². The quantitative estimate of drug-likeness (QED) is 0.582. The predicted octanol–water partition coefficient (Wildman–Crippen LogP) is 2.70. The maximum absolute atomic E-state index is 12.2. The molecule has 2 bridgehead atoms. The van der Waals surface area contributed by atoms with Gasteiger partial charge in [-0.1, -0.05) is 12.1 Å². The van der Waals surface area contributed by atoms with Crippen molar-refractivity contribution < 1.29 is 4.79 Å². The molecule has 1 aromatic heterocycles. The third kappa shape index (κ3) is 4.31. The Morgan fingerprint density at radius 2 is 1.87 bits per heavy atom. The van der Waals surface area contributed by atoms with Crippen molar-refractivity contribution in [2.45, 2.75) is 47.8 Å². The molecule has 3 aliphatic heterocycles. The van der Waals surface area contributed by atoms with Gasteiger partial charge in [0, 0.05) is 29.5 Å². The number of carbonyl (C=O) groups is 1. The highest BCUT2D eigenvalue weighted by atomic mass is 32.2. The number of piperidine rings is 3. The third-order valence-electron chi connectivity index (χ3n) is 6.45. The highest BCUT2D eigenvalue weighted by Crippen LogP contribution is 2.35. The second-order valence-corrected chi connectivity index (χ2v) is 9.72. The fourth-order valence-electron chi connectivity index (χ4n) is 4.52. The van der Waals surface area contributed by atoms with E-state index in [1.807, 2.05) is 30.3 Å². The molecule has 1 aromatic carbocycles. The molecule has 30 heavy (non-hydrogen) atoms. The highest BCUT2D eigenvalue weighted by Gasteiger charge is 2.35. The molecule has 6 rings (SSSR count). The van der Waals surface area contributed by atoms with Crippen molar-refractivity contribution >= 4 is 29.2 Å². The topological polar surface area (TPSA) is 110 Å². The van der Waals surface area contributed by atoms with Gasteiger partial charge in [0.15, 0.2) is 10.9 Å². The van der Waals surface area contributed by atoms with Crippen LogP contribution in [0.1, 0.15) is 37.3 Å². The fourth-order valence-corrected chi connectivity index (χ4v) is 5.29. The molecular formula is C22H28N6OS. The minimum absolute atomic E-state index is 0.151. The monoisotopic (exact) mass is 424 g/mol. The molecule has 1 aliphatic carbocycles. The lowest BCUT2D eigenvalue weighted by Crippen LogP contribution is -2.53. The van der Waals surface area contributed by atoms with Crippen molar-refractivity contribution in [1.82, 2.24) is 14.9 Å².